The molecule has 36 heavy (non-hydrogen) atoms. The Bertz CT molecular complexity index is 1300. The molecule has 0 radical (unpaired) electrons. The van der Waals surface area contributed by atoms with Crippen LogP contribution in [0.3, 0.4) is 0 Å². The Morgan fingerprint density at radius 2 is 1.89 bits per heavy atom. The molecule has 2 aromatic carbocycles. The van der Waals surface area contributed by atoms with Crippen LogP contribution in [0, 0.1) is 12.8 Å². The number of fused-ring (bicyclic) bond motifs is 1. The highest BCUT2D eigenvalue weighted by Crippen LogP contribution is 2.52. The molecule has 0 unspecified atom stereocenters. The van der Waals surface area contributed by atoms with E-state index >= 15 is 0 Å². The van der Waals surface area contributed by atoms with Gasteiger partial charge in [0.25, 0.3) is 0 Å². The van der Waals surface area contributed by atoms with Crippen LogP contribution in [0.15, 0.2) is 54.6 Å². The van der Waals surface area contributed by atoms with Crippen molar-refractivity contribution in [3.05, 3.63) is 71.4 Å². The number of alkyl halides is 2. The van der Waals surface area contributed by atoms with E-state index in [4.69, 9.17) is 9.72 Å². The van der Waals surface area contributed by atoms with Crippen LogP contribution in [0.4, 0.5) is 8.78 Å². The zero-order chi connectivity index (χ0) is 25.5. The number of Topliss-reactive ketones (excluding diaryl/α,β-unsaturated/α-hetero) is 1. The zero-order valence-electron chi connectivity index (χ0n) is 20.1. The number of carbonyl (C=O) groups excluding carboxylic acids is 1. The summed E-state index contributed by atoms with van der Waals surface area (Å²) in [6.45, 7) is 4.32. The summed E-state index contributed by atoms with van der Waals surface area (Å²) in [7, 11) is 0. The molecule has 1 aromatic heterocycles. The largest absolute Gasteiger partial charge is 0.586 e. The van der Waals surface area contributed by atoms with Crippen LogP contribution < -0.4 is 14.2 Å². The Morgan fingerprint density at radius 1 is 1.11 bits per heavy atom. The second-order valence-electron chi connectivity index (χ2n) is 9.61. The highest BCUT2D eigenvalue weighted by atomic mass is 19.3. The second kappa shape index (κ2) is 9.17. The second-order valence-corrected chi connectivity index (χ2v) is 9.61. The molecule has 3 aromatic rings. The van der Waals surface area contributed by atoms with E-state index in [-0.39, 0.29) is 36.2 Å². The quantitative estimate of drug-likeness (QED) is 0.438. The van der Waals surface area contributed by atoms with Crippen LogP contribution in [-0.2, 0) is 16.6 Å². The number of aryl methyl sites for hydroxylation is 1. The van der Waals surface area contributed by atoms with Gasteiger partial charge in [0.1, 0.15) is 11.5 Å². The van der Waals surface area contributed by atoms with E-state index in [9.17, 15) is 18.7 Å². The minimum Gasteiger partial charge on any atom is -0.493 e. The normalized spacial score (nSPS) is 17.5. The number of nitrogens with zero attached hydrogens (tertiary/aromatic N) is 1. The van der Waals surface area contributed by atoms with Crippen LogP contribution in [-0.4, -0.2) is 35.4 Å². The highest BCUT2D eigenvalue weighted by molar-refractivity contribution is 5.94. The van der Waals surface area contributed by atoms with E-state index in [0.29, 0.717) is 36.5 Å². The molecule has 8 heteroatoms. The third-order valence-corrected chi connectivity index (χ3v) is 6.69. The summed E-state index contributed by atoms with van der Waals surface area (Å²) in [5, 5.41) is 9.22. The molecular formula is C28H27F2NO5. The highest BCUT2D eigenvalue weighted by Gasteiger charge is 2.52. The summed E-state index contributed by atoms with van der Waals surface area (Å²) in [6, 6.07) is 15.9. The van der Waals surface area contributed by atoms with Crippen molar-refractivity contribution in [3.8, 4) is 28.5 Å². The van der Waals surface area contributed by atoms with E-state index < -0.39 is 11.7 Å². The van der Waals surface area contributed by atoms with Crippen LogP contribution in [0.5, 0.6) is 17.2 Å². The first-order chi connectivity index (χ1) is 17.2. The Hall–Kier alpha value is -3.52. The Labute approximate surface area is 207 Å². The number of halogens is 2. The van der Waals surface area contributed by atoms with Crippen molar-refractivity contribution in [3.63, 3.8) is 0 Å². The number of aliphatic hydroxyl groups is 1. The summed E-state index contributed by atoms with van der Waals surface area (Å²) < 4.78 is 41.7. The van der Waals surface area contributed by atoms with Gasteiger partial charge in [-0.1, -0.05) is 31.2 Å². The van der Waals surface area contributed by atoms with Crippen molar-refractivity contribution in [2.24, 2.45) is 5.92 Å². The van der Waals surface area contributed by atoms with Gasteiger partial charge >= 0.3 is 6.29 Å². The fourth-order valence-electron chi connectivity index (χ4n) is 4.42. The molecule has 0 saturated heterocycles. The van der Waals surface area contributed by atoms with Gasteiger partial charge in [-0.3, -0.25) is 9.78 Å². The average molecular weight is 496 g/mol. The molecule has 5 rings (SSSR count). The fraction of sp³-hybridized carbons (Fsp3) is 0.357. The molecule has 188 valence electrons. The maximum atomic E-state index is 13.4. The van der Waals surface area contributed by atoms with Gasteiger partial charge in [0.15, 0.2) is 11.5 Å². The van der Waals surface area contributed by atoms with Gasteiger partial charge < -0.3 is 19.3 Å². The van der Waals surface area contributed by atoms with E-state index in [0.717, 1.165) is 16.8 Å². The van der Waals surface area contributed by atoms with Crippen molar-refractivity contribution in [1.82, 2.24) is 4.98 Å². The summed E-state index contributed by atoms with van der Waals surface area (Å²) >= 11 is 0. The third kappa shape index (κ3) is 4.78. The lowest BCUT2D eigenvalue weighted by atomic mass is 9.88. The third-order valence-electron chi connectivity index (χ3n) is 6.69. The number of rotatable bonds is 9. The molecule has 1 N–H and O–H groups in total. The maximum Gasteiger partial charge on any atom is 0.586 e. The van der Waals surface area contributed by atoms with Crippen LogP contribution >= 0.6 is 0 Å². The van der Waals surface area contributed by atoms with Gasteiger partial charge in [-0.15, -0.1) is 8.78 Å². The smallest absolute Gasteiger partial charge is 0.493 e. The molecule has 1 atom stereocenters. The van der Waals surface area contributed by atoms with Gasteiger partial charge in [0.05, 0.1) is 17.7 Å². The number of carbonyl (C=O) groups is 1. The summed E-state index contributed by atoms with van der Waals surface area (Å²) in [6.07, 6.45) is -2.27. The van der Waals surface area contributed by atoms with Crippen LogP contribution in [0.25, 0.3) is 11.3 Å². The average Bonchev–Trinajstić information content (AvgIpc) is 3.61. The van der Waals surface area contributed by atoms with Crippen molar-refractivity contribution in [2.45, 2.75) is 44.8 Å². The number of benzene rings is 2. The molecule has 1 aliphatic heterocycles. The molecule has 2 aliphatic rings. The van der Waals surface area contributed by atoms with Crippen LogP contribution in [0.2, 0.25) is 0 Å². The number of ketones is 1. The SMILES string of the molecule is Cc1ccc(CC(=O)C2(c3ccc4c(c3)OC(F)(F)O4)CC2)nc1-c1cccc(OC[C@@H](C)CO)c1. The van der Waals surface area contributed by atoms with E-state index in [1.807, 2.05) is 50.2 Å². The summed E-state index contributed by atoms with van der Waals surface area (Å²) in [4.78, 5) is 18.2. The lowest BCUT2D eigenvalue weighted by molar-refractivity contribution is -0.286. The maximum absolute atomic E-state index is 13.4. The Morgan fingerprint density at radius 3 is 2.64 bits per heavy atom. The molecular weight excluding hydrogens is 468 g/mol. The monoisotopic (exact) mass is 495 g/mol. The Kier molecular flexibility index (Phi) is 6.16. The van der Waals surface area contributed by atoms with Crippen LogP contribution in [0.1, 0.15) is 36.6 Å². The number of pyridine rings is 1. The Balaban J connectivity index is 1.34. The molecule has 1 aliphatic carbocycles. The number of aromatic nitrogens is 1. The first-order valence-electron chi connectivity index (χ1n) is 11.9. The first-order valence-corrected chi connectivity index (χ1v) is 11.9. The first kappa shape index (κ1) is 24.2. The minimum atomic E-state index is -3.69. The number of hydrogen-bond acceptors (Lipinski definition) is 6. The van der Waals surface area contributed by atoms with Crippen molar-refractivity contribution in [2.75, 3.05) is 13.2 Å². The van der Waals surface area contributed by atoms with E-state index in [1.54, 1.807) is 6.07 Å². The van der Waals surface area contributed by atoms with Gasteiger partial charge in [0, 0.05) is 30.2 Å². The molecule has 2 heterocycles. The van der Waals surface area contributed by atoms with Crippen molar-refractivity contribution in [1.29, 1.82) is 0 Å². The topological polar surface area (TPSA) is 77.9 Å². The van der Waals surface area contributed by atoms with Crippen molar-refractivity contribution < 1.29 is 32.9 Å². The van der Waals surface area contributed by atoms with Gasteiger partial charge in [-0.25, -0.2) is 0 Å². The lowest BCUT2D eigenvalue weighted by Gasteiger charge is -2.16. The van der Waals surface area contributed by atoms with Crippen molar-refractivity contribution >= 4 is 5.78 Å². The summed E-state index contributed by atoms with van der Waals surface area (Å²) in [5.41, 5.74) is 3.16. The predicted molar refractivity (Wildman–Crippen MR) is 128 cm³/mol. The molecule has 0 bridgehead atoms. The standard InChI is InChI=1S/C28H27F2NO5/c1-17(15-32)16-34-22-5-3-4-19(12-22)26-18(2)6-8-21(31-26)14-25(33)27(10-11-27)20-7-9-23-24(13-20)36-28(29,30)35-23/h3-9,12-13,17,32H,10-11,14-16H2,1-2H3/t17-/m0/s1. The van der Waals surface area contributed by atoms with Gasteiger partial charge in [-0.05, 0) is 61.2 Å². The molecule has 6 nitrogen and oxygen atoms in total. The fourth-order valence-corrected chi connectivity index (χ4v) is 4.42. The molecule has 1 saturated carbocycles. The van der Waals surface area contributed by atoms with E-state index in [1.165, 1.54) is 12.1 Å². The molecule has 1 fully saturated rings. The summed E-state index contributed by atoms with van der Waals surface area (Å²) in [5.74, 6) is 0.613. The minimum absolute atomic E-state index is 0.00879. The number of hydrogen-bond donors (Lipinski definition) is 1. The molecule has 0 spiro atoms. The van der Waals surface area contributed by atoms with E-state index in [2.05, 4.69) is 9.47 Å². The van der Waals surface area contributed by atoms with Gasteiger partial charge in [-0.2, -0.15) is 0 Å². The molecule has 0 amide bonds. The zero-order valence-corrected chi connectivity index (χ0v) is 20.1. The number of aliphatic hydroxyl groups excluding tert-OH is 1. The number of ether oxygens (including phenoxy) is 3. The lowest BCUT2D eigenvalue weighted by Crippen LogP contribution is -2.26. The van der Waals surface area contributed by atoms with Gasteiger partial charge in [0.2, 0.25) is 0 Å². The predicted octanol–water partition coefficient (Wildman–Crippen LogP) is 5.23.